The minimum atomic E-state index is -2.11. The minimum Gasteiger partial charge on any atom is -0.495 e. The van der Waals surface area contributed by atoms with Gasteiger partial charge in [0.25, 0.3) is 0 Å². The Kier molecular flexibility index (Phi) is 21.9. The van der Waals surface area contributed by atoms with Gasteiger partial charge < -0.3 is 68.7 Å². The highest BCUT2D eigenvalue weighted by molar-refractivity contribution is 6.35. The average Bonchev–Trinajstić information content (AvgIpc) is 4.23. The van der Waals surface area contributed by atoms with Gasteiger partial charge in [-0.25, -0.2) is 14.6 Å². The number of hydrogen-bond acceptors (Lipinski definition) is 17. The highest BCUT2D eigenvalue weighted by atomic mass is 35.5. The van der Waals surface area contributed by atoms with Gasteiger partial charge in [0.1, 0.15) is 46.8 Å². The summed E-state index contributed by atoms with van der Waals surface area (Å²) in [7, 11) is 8.16. The molecule has 2 aromatic carbocycles. The van der Waals surface area contributed by atoms with Crippen LogP contribution in [0.15, 0.2) is 66.3 Å². The Balaban J connectivity index is 0.981. The molecule has 0 radical (unpaired) electrons. The van der Waals surface area contributed by atoms with Crippen LogP contribution in [0.2, 0.25) is 5.02 Å². The number of hydrogen-bond donors (Lipinski definition) is 7. The Hall–Kier alpha value is -6.15. The Morgan fingerprint density at radius 1 is 1.05 bits per heavy atom. The molecule has 0 spiro atoms. The zero-order chi connectivity index (χ0) is 57.8. The molecule has 2 unspecified atom stereocenters. The van der Waals surface area contributed by atoms with Gasteiger partial charge in [0.05, 0.1) is 71.3 Å². The number of aliphatic hydroxyl groups is 3. The standard InChI is InChI=1S/C55H77ClN8O15/c1-33-13-12-16-44(66)55(73)30-43(77-53(72)60-55)34(2)50-54(4,79-50)45(29-48(69)63(8)41-26-36(25-33)27-42(74-9)49(41)56)78-52(71)35(3)62(7)47(68)18-21-75-23-24-76-22-19-58-51(70)39(32-65)59-46(67)17-20-64-38(31-61(6)57-5)28-37-14-10-11-15-40(37)64/h10-16,26-28,34-35,39,43-45,50,57,65-66,73H,17-25,29-32H2,1-9H3,(H,58,70)(H,59,67)(H,60,72)/b16-12+,33-13+/t34-,35+,39?,43+,44-,45+,50?,54+,55+/m1/s1. The normalized spacial score (nSPS) is 25.2. The monoisotopic (exact) mass is 1120 g/mol. The van der Waals surface area contributed by atoms with Crippen LogP contribution in [0.4, 0.5) is 10.5 Å². The van der Waals surface area contributed by atoms with Crippen molar-refractivity contribution in [2.24, 2.45) is 5.92 Å². The number of ether oxygens (including phenoxy) is 6. The number of carbonyl (C=O) groups excluding carboxylic acids is 6. The molecule has 5 amide bonds. The van der Waals surface area contributed by atoms with Gasteiger partial charge in [0, 0.05) is 64.2 Å². The van der Waals surface area contributed by atoms with Crippen LogP contribution in [0.3, 0.4) is 0 Å². The Morgan fingerprint density at radius 3 is 2.48 bits per heavy atom. The quantitative estimate of drug-likeness (QED) is 0.0329. The number of benzene rings is 2. The average molecular weight is 1130 g/mol. The maximum absolute atomic E-state index is 14.3. The van der Waals surface area contributed by atoms with E-state index >= 15 is 0 Å². The number of aliphatic hydroxyl groups excluding tert-OH is 2. The van der Waals surface area contributed by atoms with Crippen molar-refractivity contribution >= 4 is 63.9 Å². The van der Waals surface area contributed by atoms with Crippen LogP contribution in [0.1, 0.15) is 64.6 Å². The molecule has 2 saturated heterocycles. The number of para-hydroxylation sites is 1. The summed E-state index contributed by atoms with van der Waals surface area (Å²) >= 11 is 6.79. The van der Waals surface area contributed by atoms with Gasteiger partial charge in [-0.15, -0.1) is 0 Å². The molecule has 7 N–H and O–H groups in total. The van der Waals surface area contributed by atoms with Crippen molar-refractivity contribution < 1.29 is 72.5 Å². The number of amides is 5. The van der Waals surface area contributed by atoms with Crippen LogP contribution in [-0.2, 0) is 67.2 Å². The summed E-state index contributed by atoms with van der Waals surface area (Å²) in [5.41, 5.74) is 3.53. The number of fused-ring (bicyclic) bond motifs is 6. The van der Waals surface area contributed by atoms with E-state index in [0.29, 0.717) is 30.9 Å². The van der Waals surface area contributed by atoms with E-state index in [1.54, 1.807) is 38.1 Å². The van der Waals surface area contributed by atoms with Crippen LogP contribution >= 0.6 is 11.6 Å². The number of hydrazine groups is 1. The number of methoxy groups -OCH3 is 1. The Labute approximate surface area is 465 Å². The lowest BCUT2D eigenvalue weighted by Crippen LogP contribution is -2.63. The number of nitrogens with zero attached hydrogens (tertiary/aromatic N) is 4. The van der Waals surface area contributed by atoms with Gasteiger partial charge in [0.15, 0.2) is 5.72 Å². The lowest BCUT2D eigenvalue weighted by atomic mass is 9.83. The largest absolute Gasteiger partial charge is 0.495 e. The summed E-state index contributed by atoms with van der Waals surface area (Å²) < 4.78 is 36.8. The second-order valence-corrected chi connectivity index (χ2v) is 20.8. The number of halogens is 1. The van der Waals surface area contributed by atoms with Crippen molar-refractivity contribution in [2.45, 2.75) is 121 Å². The maximum atomic E-state index is 14.3. The number of aryl methyl sites for hydroxylation is 1. The van der Waals surface area contributed by atoms with E-state index < -0.39 is 102 Å². The first-order valence-electron chi connectivity index (χ1n) is 26.3. The minimum absolute atomic E-state index is 0.0131. The van der Waals surface area contributed by atoms with Crippen LogP contribution in [0, 0.1) is 5.92 Å². The smallest absolute Gasteiger partial charge is 0.409 e. The number of anilines is 1. The second kappa shape index (κ2) is 27.8. The SMILES string of the molecule is CNN(C)Cc1cc2ccccc2n1CCC(=O)NC(CO)C(=O)NCCOCCOCCC(=O)N(C)[C@@H](C)C(=O)O[C@H]1CC(=O)N(C)c2cc(cc(OC)c2Cl)C/C(C)=C/C=C/[C@@H](O)[C@@]2(O)C[C@H](OC(=O)N2)[C@@H](C)C2O[C@]21C. The number of carbonyl (C=O) groups is 6. The van der Waals surface area contributed by atoms with Gasteiger partial charge in [-0.2, -0.15) is 0 Å². The molecule has 0 saturated carbocycles. The molecule has 23 nitrogen and oxygen atoms in total. The first-order chi connectivity index (χ1) is 37.5. The summed E-state index contributed by atoms with van der Waals surface area (Å²) in [4.78, 5) is 82.8. The van der Waals surface area contributed by atoms with E-state index in [9.17, 15) is 44.1 Å². The van der Waals surface area contributed by atoms with E-state index in [1.165, 1.54) is 44.0 Å². The van der Waals surface area contributed by atoms with Gasteiger partial charge in [0.2, 0.25) is 23.6 Å². The van der Waals surface area contributed by atoms with Crippen molar-refractivity contribution in [2.75, 3.05) is 79.8 Å². The van der Waals surface area contributed by atoms with Crippen molar-refractivity contribution in [1.29, 1.82) is 0 Å². The fourth-order valence-corrected chi connectivity index (χ4v) is 9.96. The molecule has 4 bridgehead atoms. The number of aromatic nitrogens is 1. The fourth-order valence-electron chi connectivity index (χ4n) is 9.64. The first kappa shape index (κ1) is 62.1. The van der Waals surface area contributed by atoms with Crippen LogP contribution in [-0.4, -0.2) is 188 Å². The molecule has 6 rings (SSSR count). The Bertz CT molecular complexity index is 2720. The highest BCUT2D eigenvalue weighted by Crippen LogP contribution is 2.49. The number of rotatable bonds is 22. The van der Waals surface area contributed by atoms with Crippen LogP contribution in [0.5, 0.6) is 5.75 Å². The first-order valence-corrected chi connectivity index (χ1v) is 26.7. The van der Waals surface area contributed by atoms with Gasteiger partial charge >= 0.3 is 12.1 Å². The van der Waals surface area contributed by atoms with Gasteiger partial charge in [-0.05, 0) is 69.5 Å². The number of nitrogens with one attached hydrogen (secondary N) is 4. The number of likely N-dealkylation sites (N-methyl/N-ethyl adjacent to an activating group) is 1. The molecule has 79 heavy (non-hydrogen) atoms. The molecule has 2 fully saturated rings. The van der Waals surface area contributed by atoms with E-state index in [0.717, 1.165) is 27.7 Å². The molecule has 0 aliphatic carbocycles. The highest BCUT2D eigenvalue weighted by Gasteiger charge is 2.64. The number of alkyl carbamates (subject to hydrolysis) is 1. The molecule has 1 aromatic heterocycles. The van der Waals surface area contributed by atoms with Crippen molar-refractivity contribution in [3.63, 3.8) is 0 Å². The number of allylic oxidation sites excluding steroid dienone is 3. The van der Waals surface area contributed by atoms with Crippen LogP contribution < -0.4 is 31.0 Å². The fraction of sp³-hybridized carbons (Fsp3) is 0.564. The third kappa shape index (κ3) is 15.8. The molecule has 3 aromatic rings. The third-order valence-corrected chi connectivity index (χ3v) is 15.1. The van der Waals surface area contributed by atoms with E-state index in [1.807, 2.05) is 50.3 Å². The molecule has 3 aliphatic heterocycles. The lowest BCUT2D eigenvalue weighted by Gasteiger charge is -2.41. The third-order valence-electron chi connectivity index (χ3n) is 14.7. The summed E-state index contributed by atoms with van der Waals surface area (Å²) in [5.74, 6) is -3.08. The summed E-state index contributed by atoms with van der Waals surface area (Å²) in [5, 5.41) is 43.3. The number of esters is 1. The molecular weight excluding hydrogens is 1050 g/mol. The van der Waals surface area contributed by atoms with Crippen LogP contribution in [0.25, 0.3) is 10.9 Å². The molecule has 24 heteroatoms. The molecule has 4 heterocycles. The second-order valence-electron chi connectivity index (χ2n) is 20.4. The zero-order valence-corrected chi connectivity index (χ0v) is 47.2. The van der Waals surface area contributed by atoms with Crippen molar-refractivity contribution in [3.8, 4) is 5.75 Å². The van der Waals surface area contributed by atoms with E-state index in [4.69, 9.17) is 40.0 Å². The predicted molar refractivity (Wildman–Crippen MR) is 292 cm³/mol. The molecular formula is C55H77ClN8O15. The topological polar surface area (TPSA) is 285 Å². The van der Waals surface area contributed by atoms with E-state index in [-0.39, 0.29) is 57.3 Å². The molecule has 434 valence electrons. The van der Waals surface area contributed by atoms with Gasteiger partial charge in [-0.1, -0.05) is 60.5 Å². The summed E-state index contributed by atoms with van der Waals surface area (Å²) in [6, 6.07) is 11.1. The maximum Gasteiger partial charge on any atom is 0.409 e. The predicted octanol–water partition coefficient (Wildman–Crippen LogP) is 2.49. The lowest BCUT2D eigenvalue weighted by molar-refractivity contribution is -0.162. The van der Waals surface area contributed by atoms with Gasteiger partial charge in [-0.3, -0.25) is 29.9 Å². The Morgan fingerprint density at radius 2 is 1.77 bits per heavy atom. The van der Waals surface area contributed by atoms with E-state index in [2.05, 4.69) is 32.0 Å². The zero-order valence-electron chi connectivity index (χ0n) is 46.4. The summed E-state index contributed by atoms with van der Waals surface area (Å²) in [6.07, 6.45) is -1.11. The molecule has 3 aliphatic rings. The summed E-state index contributed by atoms with van der Waals surface area (Å²) in [6.45, 7) is 7.49. The molecule has 9 atom stereocenters. The van der Waals surface area contributed by atoms with Crippen molar-refractivity contribution in [1.82, 2.24) is 35.9 Å². The van der Waals surface area contributed by atoms with Crippen molar-refractivity contribution in [3.05, 3.63) is 82.5 Å². The number of epoxide rings is 1.